The van der Waals surface area contributed by atoms with E-state index in [4.69, 9.17) is 0 Å². The summed E-state index contributed by atoms with van der Waals surface area (Å²) in [5, 5.41) is 0. The Morgan fingerprint density at radius 2 is 2.10 bits per heavy atom. The molecule has 1 aliphatic rings. The lowest BCUT2D eigenvalue weighted by Crippen LogP contribution is -2.37. The molecule has 0 bridgehead atoms. The highest BCUT2D eigenvalue weighted by molar-refractivity contribution is 7.14. The number of benzene rings is 1. The monoisotopic (exact) mass is 299 g/mol. The zero-order valence-corrected chi connectivity index (χ0v) is 13.5. The number of thiophene rings is 1. The fourth-order valence-corrected chi connectivity index (χ4v) is 3.90. The second-order valence-corrected chi connectivity index (χ2v) is 7.03. The minimum atomic E-state index is 0.239. The molecule has 2 aromatic rings. The summed E-state index contributed by atoms with van der Waals surface area (Å²) in [5.74, 6) is 0.839. The lowest BCUT2D eigenvalue weighted by molar-refractivity contribution is 0.100. The molecular weight excluding hydrogens is 278 g/mol. The van der Waals surface area contributed by atoms with Crippen LogP contribution in [0.25, 0.3) is 0 Å². The molecule has 0 aliphatic carbocycles. The zero-order chi connectivity index (χ0) is 14.8. The van der Waals surface area contributed by atoms with Gasteiger partial charge in [0.2, 0.25) is 0 Å². The van der Waals surface area contributed by atoms with Gasteiger partial charge in [0.25, 0.3) is 0 Å². The van der Waals surface area contributed by atoms with Crippen molar-refractivity contribution in [2.75, 3.05) is 18.0 Å². The van der Waals surface area contributed by atoms with Gasteiger partial charge in [-0.15, -0.1) is 11.3 Å². The SMILES string of the molecule is CCc1ccc(C(=O)CN2CC(C)Cc3ccccc32)s1. The first-order valence-corrected chi connectivity index (χ1v) is 8.43. The normalized spacial score (nSPS) is 17.6. The van der Waals surface area contributed by atoms with E-state index in [2.05, 4.69) is 49.1 Å². The molecule has 0 radical (unpaired) electrons. The van der Waals surface area contributed by atoms with E-state index in [-0.39, 0.29) is 5.78 Å². The predicted octanol–water partition coefficient (Wildman–Crippen LogP) is 4.19. The van der Waals surface area contributed by atoms with Crippen LogP contribution in [0.15, 0.2) is 36.4 Å². The molecule has 21 heavy (non-hydrogen) atoms. The number of nitrogens with zero attached hydrogens (tertiary/aromatic N) is 1. The molecule has 0 saturated carbocycles. The number of aryl methyl sites for hydroxylation is 1. The molecule has 0 fully saturated rings. The van der Waals surface area contributed by atoms with Gasteiger partial charge >= 0.3 is 0 Å². The Labute approximate surface area is 130 Å². The van der Waals surface area contributed by atoms with Crippen molar-refractivity contribution < 1.29 is 4.79 Å². The van der Waals surface area contributed by atoms with Gasteiger partial charge in [-0.1, -0.05) is 32.0 Å². The standard InChI is InChI=1S/C18H21NOS/c1-3-15-8-9-18(21-15)17(20)12-19-11-13(2)10-14-6-4-5-7-16(14)19/h4-9,13H,3,10-12H2,1-2H3. The second-order valence-electron chi connectivity index (χ2n) is 5.86. The van der Waals surface area contributed by atoms with Gasteiger partial charge in [0.1, 0.15) is 0 Å². The molecule has 110 valence electrons. The molecule has 0 spiro atoms. The third-order valence-corrected chi connectivity index (χ3v) is 5.32. The summed E-state index contributed by atoms with van der Waals surface area (Å²) in [6.07, 6.45) is 2.11. The van der Waals surface area contributed by atoms with Crippen LogP contribution in [0, 0.1) is 5.92 Å². The average molecular weight is 299 g/mol. The first-order chi connectivity index (χ1) is 10.2. The third-order valence-electron chi connectivity index (χ3n) is 4.05. The number of rotatable bonds is 4. The largest absolute Gasteiger partial charge is 0.363 e. The van der Waals surface area contributed by atoms with Crippen LogP contribution in [0.1, 0.15) is 34.0 Å². The Kier molecular flexibility index (Phi) is 4.11. The predicted molar refractivity (Wildman–Crippen MR) is 89.6 cm³/mol. The number of hydrogen-bond acceptors (Lipinski definition) is 3. The van der Waals surface area contributed by atoms with E-state index < -0.39 is 0 Å². The molecule has 1 aromatic carbocycles. The van der Waals surface area contributed by atoms with Crippen molar-refractivity contribution in [1.29, 1.82) is 0 Å². The topological polar surface area (TPSA) is 20.3 Å². The molecule has 3 heteroatoms. The lowest BCUT2D eigenvalue weighted by Gasteiger charge is -2.34. The number of fused-ring (bicyclic) bond motifs is 1. The van der Waals surface area contributed by atoms with Crippen LogP contribution < -0.4 is 4.90 Å². The van der Waals surface area contributed by atoms with Crippen LogP contribution in [0.5, 0.6) is 0 Å². The van der Waals surface area contributed by atoms with Gasteiger partial charge in [-0.2, -0.15) is 0 Å². The third kappa shape index (κ3) is 3.03. The van der Waals surface area contributed by atoms with Crippen LogP contribution in [-0.4, -0.2) is 18.9 Å². The number of Topliss-reactive ketones (excluding diaryl/α,β-unsaturated/α-hetero) is 1. The highest BCUT2D eigenvalue weighted by Crippen LogP contribution is 2.29. The number of carbonyl (C=O) groups excluding carboxylic acids is 1. The maximum Gasteiger partial charge on any atom is 0.191 e. The lowest BCUT2D eigenvalue weighted by atomic mass is 9.94. The van der Waals surface area contributed by atoms with Crippen LogP contribution in [-0.2, 0) is 12.8 Å². The molecule has 1 atom stereocenters. The summed E-state index contributed by atoms with van der Waals surface area (Å²) in [6, 6.07) is 12.5. The van der Waals surface area contributed by atoms with E-state index in [9.17, 15) is 4.79 Å². The van der Waals surface area contributed by atoms with Gasteiger partial charge in [-0.3, -0.25) is 4.79 Å². The Morgan fingerprint density at radius 3 is 2.86 bits per heavy atom. The zero-order valence-electron chi connectivity index (χ0n) is 12.6. The molecule has 2 nitrogen and oxygen atoms in total. The molecular formula is C18H21NOS. The molecule has 1 aromatic heterocycles. The highest BCUT2D eigenvalue weighted by Gasteiger charge is 2.23. The van der Waals surface area contributed by atoms with Crippen molar-refractivity contribution in [3.8, 4) is 0 Å². The number of carbonyl (C=O) groups is 1. The van der Waals surface area contributed by atoms with Gasteiger partial charge in [0.05, 0.1) is 11.4 Å². The second kappa shape index (κ2) is 6.02. The van der Waals surface area contributed by atoms with Crippen LogP contribution >= 0.6 is 11.3 Å². The minimum absolute atomic E-state index is 0.239. The quantitative estimate of drug-likeness (QED) is 0.789. The number of para-hydroxylation sites is 1. The smallest absolute Gasteiger partial charge is 0.191 e. The van der Waals surface area contributed by atoms with Gasteiger partial charge in [-0.05, 0) is 42.5 Å². The molecule has 0 amide bonds. The van der Waals surface area contributed by atoms with E-state index in [1.54, 1.807) is 11.3 Å². The van der Waals surface area contributed by atoms with E-state index in [0.717, 1.165) is 24.3 Å². The van der Waals surface area contributed by atoms with Crippen molar-refractivity contribution in [3.63, 3.8) is 0 Å². The Balaban J connectivity index is 1.80. The Bertz CT molecular complexity index is 646. The van der Waals surface area contributed by atoms with Crippen LogP contribution in [0.4, 0.5) is 5.69 Å². The first kappa shape index (κ1) is 14.3. The van der Waals surface area contributed by atoms with E-state index in [1.807, 2.05) is 6.07 Å². The average Bonchev–Trinajstić information content (AvgIpc) is 2.96. The van der Waals surface area contributed by atoms with E-state index >= 15 is 0 Å². The van der Waals surface area contributed by atoms with E-state index in [1.165, 1.54) is 16.1 Å². The van der Waals surface area contributed by atoms with Crippen LogP contribution in [0.2, 0.25) is 0 Å². The summed E-state index contributed by atoms with van der Waals surface area (Å²) in [7, 11) is 0. The van der Waals surface area contributed by atoms with Crippen molar-refractivity contribution >= 4 is 22.8 Å². The molecule has 3 rings (SSSR count). The maximum absolute atomic E-state index is 12.5. The first-order valence-electron chi connectivity index (χ1n) is 7.62. The molecule has 1 unspecified atom stereocenters. The van der Waals surface area contributed by atoms with Crippen molar-refractivity contribution in [2.45, 2.75) is 26.7 Å². The summed E-state index contributed by atoms with van der Waals surface area (Å²) in [5.41, 5.74) is 2.60. The van der Waals surface area contributed by atoms with Gasteiger partial charge in [0.15, 0.2) is 5.78 Å². The summed E-state index contributed by atoms with van der Waals surface area (Å²) in [4.78, 5) is 16.9. The fraction of sp³-hybridized carbons (Fsp3) is 0.389. The summed E-state index contributed by atoms with van der Waals surface area (Å²) >= 11 is 1.64. The van der Waals surface area contributed by atoms with Crippen LogP contribution in [0.3, 0.4) is 0 Å². The highest BCUT2D eigenvalue weighted by atomic mass is 32.1. The summed E-state index contributed by atoms with van der Waals surface area (Å²) < 4.78 is 0. The van der Waals surface area contributed by atoms with Crippen molar-refractivity contribution in [1.82, 2.24) is 0 Å². The maximum atomic E-state index is 12.5. The molecule has 0 N–H and O–H groups in total. The number of anilines is 1. The van der Waals surface area contributed by atoms with Crippen molar-refractivity contribution in [3.05, 3.63) is 51.7 Å². The summed E-state index contributed by atoms with van der Waals surface area (Å²) in [6.45, 7) is 5.84. The van der Waals surface area contributed by atoms with E-state index in [0.29, 0.717) is 12.5 Å². The Hall–Kier alpha value is -1.61. The van der Waals surface area contributed by atoms with Crippen molar-refractivity contribution in [2.24, 2.45) is 5.92 Å². The molecule has 1 aliphatic heterocycles. The van der Waals surface area contributed by atoms with Gasteiger partial charge < -0.3 is 4.90 Å². The minimum Gasteiger partial charge on any atom is -0.363 e. The molecule has 0 saturated heterocycles. The fourth-order valence-electron chi connectivity index (χ4n) is 3.03. The Morgan fingerprint density at radius 1 is 1.29 bits per heavy atom. The number of hydrogen-bond donors (Lipinski definition) is 0. The van der Waals surface area contributed by atoms with Gasteiger partial charge in [-0.25, -0.2) is 0 Å². The number of ketones is 1. The molecule has 2 heterocycles. The van der Waals surface area contributed by atoms with Gasteiger partial charge in [0, 0.05) is 17.1 Å².